The van der Waals surface area contributed by atoms with Crippen molar-refractivity contribution in [1.82, 2.24) is 31.1 Å². The molecule has 4 fully saturated rings. The number of hydrogen-bond acceptors (Lipinski definition) is 4. The summed E-state index contributed by atoms with van der Waals surface area (Å²) in [4.78, 5) is 30.5. The van der Waals surface area contributed by atoms with Gasteiger partial charge in [0, 0.05) is 36.3 Å². The molecule has 4 heterocycles. The van der Waals surface area contributed by atoms with Crippen LogP contribution in [-0.4, -0.2) is 60.1 Å². The van der Waals surface area contributed by atoms with Crippen molar-refractivity contribution in [3.63, 3.8) is 0 Å². The highest BCUT2D eigenvalue weighted by molar-refractivity contribution is 5.75. The second-order valence-corrected chi connectivity index (χ2v) is 16.0. The molecule has 0 radical (unpaired) electrons. The normalized spacial score (nSPS) is 31.0. The topological polar surface area (TPSA) is 88.7 Å². The number of nitrogens with one attached hydrogen (secondary N) is 4. The molecule has 266 valence electrons. The van der Waals surface area contributed by atoms with Gasteiger partial charge in [-0.05, 0) is 137 Å². The maximum absolute atomic E-state index is 12.5. The predicted molar refractivity (Wildman–Crippen MR) is 197 cm³/mol. The Morgan fingerprint density at radius 1 is 0.520 bits per heavy atom. The number of benzene rings is 2. The number of nitrogens with zero attached hydrogens (tertiary/aromatic N) is 2. The summed E-state index contributed by atoms with van der Waals surface area (Å²) in [7, 11) is 0. The van der Waals surface area contributed by atoms with E-state index < -0.39 is 0 Å². The van der Waals surface area contributed by atoms with Crippen LogP contribution in [0.4, 0.5) is 9.59 Å². The van der Waals surface area contributed by atoms with Crippen molar-refractivity contribution >= 4 is 12.1 Å². The van der Waals surface area contributed by atoms with Gasteiger partial charge in [-0.25, -0.2) is 9.59 Å². The van der Waals surface area contributed by atoms with E-state index in [2.05, 4.69) is 91.4 Å². The van der Waals surface area contributed by atoms with Crippen LogP contribution in [0, 0.1) is 23.7 Å². The molecule has 4 aliphatic heterocycles. The van der Waals surface area contributed by atoms with Crippen LogP contribution < -0.4 is 21.3 Å². The Morgan fingerprint density at radius 2 is 0.860 bits per heavy atom. The monoisotopic (exact) mass is 676 g/mol. The van der Waals surface area contributed by atoms with Crippen molar-refractivity contribution in [2.45, 2.75) is 126 Å². The second-order valence-electron chi connectivity index (χ2n) is 16.0. The number of amides is 4. The van der Waals surface area contributed by atoms with Gasteiger partial charge in [0.25, 0.3) is 0 Å². The molecule has 4 atom stereocenters. The van der Waals surface area contributed by atoms with Crippen molar-refractivity contribution in [2.75, 3.05) is 26.2 Å². The van der Waals surface area contributed by atoms with Gasteiger partial charge in [-0.15, -0.1) is 0 Å². The average Bonchev–Trinajstić information content (AvgIpc) is 3.91. The molecule has 4 N–H and O–H groups in total. The molecule has 8 nitrogen and oxygen atoms in total. The van der Waals surface area contributed by atoms with Crippen molar-refractivity contribution < 1.29 is 9.59 Å². The third-order valence-electron chi connectivity index (χ3n) is 13.2. The minimum Gasteiger partial charge on any atom is -0.335 e. The summed E-state index contributed by atoms with van der Waals surface area (Å²) in [6.45, 7) is 2.94. The molecule has 8 heteroatoms. The van der Waals surface area contributed by atoms with Crippen LogP contribution in [0.15, 0.2) is 48.5 Å². The molecule has 0 aromatic heterocycles. The first kappa shape index (κ1) is 33.6. The quantitative estimate of drug-likeness (QED) is 0.200. The summed E-state index contributed by atoms with van der Waals surface area (Å²) in [5.41, 5.74) is 6.27. The Labute approximate surface area is 298 Å². The third-order valence-corrected chi connectivity index (χ3v) is 13.2. The van der Waals surface area contributed by atoms with E-state index in [4.69, 9.17) is 0 Å². The Bertz CT molecular complexity index is 1390. The van der Waals surface area contributed by atoms with E-state index >= 15 is 0 Å². The van der Waals surface area contributed by atoms with Crippen LogP contribution in [0.2, 0.25) is 0 Å². The molecule has 2 aliphatic carbocycles. The largest absolute Gasteiger partial charge is 0.335 e. The van der Waals surface area contributed by atoms with E-state index in [1.54, 1.807) is 22.3 Å². The molecule has 50 heavy (non-hydrogen) atoms. The number of carbonyl (C=O) groups is 2. The number of rotatable bonds is 10. The minimum absolute atomic E-state index is 0.145. The maximum Gasteiger partial charge on any atom is 0.315 e. The van der Waals surface area contributed by atoms with Crippen LogP contribution in [0.3, 0.4) is 0 Å². The smallest absolute Gasteiger partial charge is 0.315 e. The first-order valence-electron chi connectivity index (χ1n) is 19.8. The molecular formula is C42H56N6O2. The van der Waals surface area contributed by atoms with E-state index in [1.165, 1.54) is 77.3 Å². The zero-order valence-corrected chi connectivity index (χ0v) is 29.7. The van der Waals surface area contributed by atoms with E-state index in [9.17, 15) is 9.59 Å². The first-order chi connectivity index (χ1) is 24.6. The number of hydrogen-bond donors (Lipinski definition) is 4. The van der Waals surface area contributed by atoms with E-state index in [0.717, 1.165) is 37.5 Å². The van der Waals surface area contributed by atoms with Crippen molar-refractivity contribution in [2.24, 2.45) is 11.8 Å². The SMILES string of the molecule is O=C(NCC#CCNC(=O)NC1CCC(CCN2[C@@H]3CC[C@H]2c2ccccc23)CC1)NC1CCC(CCN2[C@@H]3CC[C@H]2c2ccccc23)CC1. The molecule has 2 saturated carbocycles. The Hall–Kier alpha value is -3.54. The van der Waals surface area contributed by atoms with E-state index in [1.807, 2.05) is 0 Å². The van der Waals surface area contributed by atoms with Gasteiger partial charge in [0.05, 0.1) is 13.1 Å². The molecule has 2 aromatic carbocycles. The second kappa shape index (κ2) is 15.4. The molecule has 0 spiro atoms. The third kappa shape index (κ3) is 7.27. The van der Waals surface area contributed by atoms with Gasteiger partial charge in [-0.2, -0.15) is 0 Å². The van der Waals surface area contributed by atoms with Crippen molar-refractivity contribution in [3.05, 3.63) is 70.8 Å². The average molecular weight is 677 g/mol. The van der Waals surface area contributed by atoms with Crippen molar-refractivity contribution in [3.8, 4) is 11.8 Å². The van der Waals surface area contributed by atoms with E-state index in [0.29, 0.717) is 24.2 Å². The Morgan fingerprint density at radius 3 is 1.20 bits per heavy atom. The number of urea groups is 2. The fourth-order valence-corrected chi connectivity index (χ4v) is 10.6. The molecule has 2 saturated heterocycles. The van der Waals surface area contributed by atoms with Gasteiger partial charge in [0.1, 0.15) is 0 Å². The van der Waals surface area contributed by atoms with Gasteiger partial charge in [0.15, 0.2) is 0 Å². The van der Waals surface area contributed by atoms with Crippen LogP contribution in [0.25, 0.3) is 0 Å². The summed E-state index contributed by atoms with van der Waals surface area (Å²) >= 11 is 0. The minimum atomic E-state index is -0.145. The summed E-state index contributed by atoms with van der Waals surface area (Å²) in [5, 5.41) is 12.0. The highest BCUT2D eigenvalue weighted by Crippen LogP contribution is 2.54. The van der Waals surface area contributed by atoms with Gasteiger partial charge in [-0.1, -0.05) is 60.4 Å². The lowest BCUT2D eigenvalue weighted by Gasteiger charge is -2.31. The van der Waals surface area contributed by atoms with Gasteiger partial charge >= 0.3 is 12.1 Å². The molecule has 4 amide bonds. The summed E-state index contributed by atoms with van der Waals surface area (Å²) in [5.74, 6) is 7.44. The van der Waals surface area contributed by atoms with Crippen LogP contribution >= 0.6 is 0 Å². The molecule has 0 unspecified atom stereocenters. The fourth-order valence-electron chi connectivity index (χ4n) is 10.6. The van der Waals surface area contributed by atoms with Gasteiger partial charge in [-0.3, -0.25) is 9.80 Å². The molecule has 8 rings (SSSR count). The Kier molecular flexibility index (Phi) is 10.3. The molecular weight excluding hydrogens is 621 g/mol. The lowest BCUT2D eigenvalue weighted by molar-refractivity contribution is 0.185. The number of carbonyl (C=O) groups excluding carboxylic acids is 2. The van der Waals surface area contributed by atoms with Gasteiger partial charge < -0.3 is 21.3 Å². The maximum atomic E-state index is 12.5. The van der Waals surface area contributed by atoms with Crippen LogP contribution in [-0.2, 0) is 0 Å². The zero-order valence-electron chi connectivity index (χ0n) is 29.7. The fraction of sp³-hybridized carbons (Fsp3) is 0.619. The summed E-state index contributed by atoms with van der Waals surface area (Å²) in [6, 6.07) is 20.8. The molecule has 4 bridgehead atoms. The molecule has 6 aliphatic rings. The van der Waals surface area contributed by atoms with Crippen LogP contribution in [0.5, 0.6) is 0 Å². The number of fused-ring (bicyclic) bond motifs is 10. The Balaban J connectivity index is 0.648. The zero-order chi connectivity index (χ0) is 33.9. The summed E-state index contributed by atoms with van der Waals surface area (Å²) < 4.78 is 0. The van der Waals surface area contributed by atoms with Gasteiger partial charge in [0.2, 0.25) is 0 Å². The predicted octanol–water partition coefficient (Wildman–Crippen LogP) is 7.27. The summed E-state index contributed by atoms with van der Waals surface area (Å²) in [6.07, 6.45) is 16.7. The highest BCUT2D eigenvalue weighted by Gasteiger charge is 2.44. The lowest BCUT2D eigenvalue weighted by Crippen LogP contribution is -2.44. The lowest BCUT2D eigenvalue weighted by atomic mass is 9.84. The first-order valence-corrected chi connectivity index (χ1v) is 19.8. The standard InChI is InChI=1S/C42H56N6O2/c49-41(45-31-15-11-29(12-16-31)23-27-47-37-19-20-38(47)34-8-2-1-7-33(34)37)43-25-5-6-26-44-42(50)46-32-17-13-30(14-18-32)24-28-48-39-21-22-40(48)36-10-4-3-9-35(36)39/h1-4,7-10,29-32,37-40H,11-28H2,(H2,43,45,49)(H2,44,46,50)/t29?,30?,31?,32?,37-,38+,39-,40+. The highest BCUT2D eigenvalue weighted by atomic mass is 16.2. The van der Waals surface area contributed by atoms with Crippen LogP contribution in [0.1, 0.15) is 136 Å². The van der Waals surface area contributed by atoms with Crippen molar-refractivity contribution in [1.29, 1.82) is 0 Å². The van der Waals surface area contributed by atoms with E-state index in [-0.39, 0.29) is 37.2 Å². The molecule has 2 aromatic rings.